The summed E-state index contributed by atoms with van der Waals surface area (Å²) in [6, 6.07) is 9.13. The van der Waals surface area contributed by atoms with Crippen LogP contribution in [0, 0.1) is 17.8 Å². The van der Waals surface area contributed by atoms with Gasteiger partial charge in [0, 0.05) is 0 Å². The molecule has 1 nitrogen and oxygen atoms in total. The maximum Gasteiger partial charge on any atom is 0.119 e. The van der Waals surface area contributed by atoms with Crippen LogP contribution in [0.2, 0.25) is 0 Å². The third-order valence-electron chi connectivity index (χ3n) is 8.62. The van der Waals surface area contributed by atoms with Gasteiger partial charge in [0.05, 0.1) is 6.61 Å². The van der Waals surface area contributed by atoms with E-state index in [4.69, 9.17) is 4.74 Å². The fourth-order valence-electron chi connectivity index (χ4n) is 6.34. The Morgan fingerprint density at radius 2 is 1.12 bits per heavy atom. The topological polar surface area (TPSA) is 9.23 Å². The van der Waals surface area contributed by atoms with Gasteiger partial charge in [-0.3, -0.25) is 0 Å². The molecule has 0 aromatic heterocycles. The Bertz CT molecular complexity index is 575. The van der Waals surface area contributed by atoms with E-state index in [9.17, 15) is 0 Å². The van der Waals surface area contributed by atoms with Crippen molar-refractivity contribution >= 4 is 0 Å². The van der Waals surface area contributed by atoms with Crippen molar-refractivity contribution < 1.29 is 4.74 Å². The Kier molecular flexibility index (Phi) is 12.0. The standard InChI is InChI=1S/C31H52O/c1-3-5-7-8-11-27-13-15-28(16-14-27)12-9-25-32-31-23-21-30(22-24-31)29-19-17-26(18-20-29)10-6-4-2/h21-24,26-29H,3-20,25H2,1-2H3. The first-order valence-corrected chi connectivity index (χ1v) is 14.5. The lowest BCUT2D eigenvalue weighted by molar-refractivity contribution is 0.228. The van der Waals surface area contributed by atoms with Crippen LogP contribution in [-0.2, 0) is 0 Å². The van der Waals surface area contributed by atoms with Crippen LogP contribution in [-0.4, -0.2) is 6.61 Å². The predicted molar refractivity (Wildman–Crippen MR) is 140 cm³/mol. The molecular weight excluding hydrogens is 388 g/mol. The van der Waals surface area contributed by atoms with E-state index < -0.39 is 0 Å². The molecule has 0 N–H and O–H groups in total. The van der Waals surface area contributed by atoms with Crippen molar-refractivity contribution in [3.8, 4) is 5.75 Å². The molecule has 2 fully saturated rings. The van der Waals surface area contributed by atoms with Crippen LogP contribution in [0.15, 0.2) is 24.3 Å². The molecule has 0 amide bonds. The minimum Gasteiger partial charge on any atom is -0.494 e. The number of rotatable bonds is 14. The van der Waals surface area contributed by atoms with E-state index in [1.807, 2.05) is 0 Å². The fourth-order valence-corrected chi connectivity index (χ4v) is 6.34. The molecule has 0 atom stereocenters. The van der Waals surface area contributed by atoms with Gasteiger partial charge in [-0.05, 0) is 79.9 Å². The molecule has 0 bridgehead atoms. The molecule has 0 aliphatic heterocycles. The summed E-state index contributed by atoms with van der Waals surface area (Å²) < 4.78 is 6.10. The Hall–Kier alpha value is -0.980. The third kappa shape index (κ3) is 9.11. The van der Waals surface area contributed by atoms with Crippen LogP contribution in [0.5, 0.6) is 5.75 Å². The highest BCUT2D eigenvalue weighted by Crippen LogP contribution is 2.38. The normalized spacial score (nSPS) is 26.2. The summed E-state index contributed by atoms with van der Waals surface area (Å²) in [5.74, 6) is 4.84. The van der Waals surface area contributed by atoms with Gasteiger partial charge in [-0.2, -0.15) is 0 Å². The first-order chi connectivity index (χ1) is 15.8. The molecule has 2 aliphatic rings. The Morgan fingerprint density at radius 3 is 1.72 bits per heavy atom. The summed E-state index contributed by atoms with van der Waals surface area (Å²) in [4.78, 5) is 0. The van der Waals surface area contributed by atoms with E-state index in [0.717, 1.165) is 36.0 Å². The van der Waals surface area contributed by atoms with Crippen molar-refractivity contribution in [2.45, 2.75) is 135 Å². The van der Waals surface area contributed by atoms with Gasteiger partial charge in [0.15, 0.2) is 0 Å². The summed E-state index contributed by atoms with van der Waals surface area (Å²) >= 11 is 0. The van der Waals surface area contributed by atoms with Gasteiger partial charge in [0.1, 0.15) is 5.75 Å². The van der Waals surface area contributed by atoms with E-state index in [-0.39, 0.29) is 0 Å². The van der Waals surface area contributed by atoms with Crippen LogP contribution in [0.4, 0.5) is 0 Å². The molecule has 32 heavy (non-hydrogen) atoms. The smallest absolute Gasteiger partial charge is 0.119 e. The summed E-state index contributed by atoms with van der Waals surface area (Å²) in [7, 11) is 0. The van der Waals surface area contributed by atoms with Crippen molar-refractivity contribution in [2.24, 2.45) is 17.8 Å². The lowest BCUT2D eigenvalue weighted by Crippen LogP contribution is -2.15. The molecular formula is C31H52O. The average molecular weight is 441 g/mol. The molecule has 1 aromatic rings. The maximum absolute atomic E-state index is 6.10. The lowest BCUT2D eigenvalue weighted by Gasteiger charge is -2.29. The predicted octanol–water partition coefficient (Wildman–Crippen LogP) is 10.1. The van der Waals surface area contributed by atoms with Crippen LogP contribution < -0.4 is 4.74 Å². The van der Waals surface area contributed by atoms with Crippen LogP contribution >= 0.6 is 0 Å². The van der Waals surface area contributed by atoms with Gasteiger partial charge in [-0.15, -0.1) is 0 Å². The molecule has 1 heteroatoms. The molecule has 3 rings (SSSR count). The molecule has 0 spiro atoms. The molecule has 2 aliphatic carbocycles. The second kappa shape index (κ2) is 15.0. The van der Waals surface area contributed by atoms with Crippen LogP contribution in [0.3, 0.4) is 0 Å². The molecule has 182 valence electrons. The summed E-state index contributed by atoms with van der Waals surface area (Å²) in [6.45, 7) is 5.51. The molecule has 0 saturated heterocycles. The van der Waals surface area contributed by atoms with Gasteiger partial charge in [0.2, 0.25) is 0 Å². The lowest BCUT2D eigenvalue weighted by atomic mass is 9.77. The number of hydrogen-bond donors (Lipinski definition) is 0. The summed E-state index contributed by atoms with van der Waals surface area (Å²) in [6.07, 6.45) is 25.5. The highest BCUT2D eigenvalue weighted by molar-refractivity contribution is 5.29. The minimum absolute atomic E-state index is 0.781. The van der Waals surface area contributed by atoms with Gasteiger partial charge in [-0.1, -0.05) is 103 Å². The van der Waals surface area contributed by atoms with Crippen molar-refractivity contribution in [2.75, 3.05) is 6.61 Å². The Morgan fingerprint density at radius 1 is 0.594 bits per heavy atom. The first kappa shape index (κ1) is 25.6. The summed E-state index contributed by atoms with van der Waals surface area (Å²) in [5, 5.41) is 0. The van der Waals surface area contributed by atoms with Crippen LogP contribution in [0.1, 0.15) is 141 Å². The number of ether oxygens (including phenoxy) is 1. The van der Waals surface area contributed by atoms with Crippen molar-refractivity contribution in [1.82, 2.24) is 0 Å². The second-order valence-electron chi connectivity index (χ2n) is 11.2. The minimum atomic E-state index is 0.781. The molecule has 2 saturated carbocycles. The molecule has 0 radical (unpaired) electrons. The van der Waals surface area contributed by atoms with Gasteiger partial charge < -0.3 is 4.74 Å². The van der Waals surface area contributed by atoms with Gasteiger partial charge in [0.25, 0.3) is 0 Å². The zero-order valence-corrected chi connectivity index (χ0v) is 21.5. The monoisotopic (exact) mass is 440 g/mol. The Labute approximate surface area is 200 Å². The third-order valence-corrected chi connectivity index (χ3v) is 8.62. The van der Waals surface area contributed by atoms with Crippen molar-refractivity contribution in [3.05, 3.63) is 29.8 Å². The Balaban J connectivity index is 1.25. The van der Waals surface area contributed by atoms with Gasteiger partial charge >= 0.3 is 0 Å². The van der Waals surface area contributed by atoms with Crippen molar-refractivity contribution in [1.29, 1.82) is 0 Å². The summed E-state index contributed by atoms with van der Waals surface area (Å²) in [5.41, 5.74) is 1.54. The first-order valence-electron chi connectivity index (χ1n) is 14.5. The highest BCUT2D eigenvalue weighted by atomic mass is 16.5. The molecule has 1 aromatic carbocycles. The SMILES string of the molecule is CCCCCCC1CCC(CCCOc2ccc(C3CCC(CCCC)CC3)cc2)CC1. The second-order valence-corrected chi connectivity index (χ2v) is 11.2. The van der Waals surface area contributed by atoms with E-state index in [1.165, 1.54) is 121 Å². The quantitative estimate of drug-likeness (QED) is 0.261. The fraction of sp³-hybridized carbons (Fsp3) is 0.806. The number of unbranched alkanes of at least 4 members (excludes halogenated alkanes) is 4. The van der Waals surface area contributed by atoms with E-state index >= 15 is 0 Å². The number of benzene rings is 1. The zero-order chi connectivity index (χ0) is 22.4. The molecule has 0 heterocycles. The van der Waals surface area contributed by atoms with E-state index in [0.29, 0.717) is 0 Å². The van der Waals surface area contributed by atoms with Gasteiger partial charge in [-0.25, -0.2) is 0 Å². The molecule has 0 unspecified atom stereocenters. The largest absolute Gasteiger partial charge is 0.494 e. The van der Waals surface area contributed by atoms with Crippen molar-refractivity contribution in [3.63, 3.8) is 0 Å². The highest BCUT2D eigenvalue weighted by Gasteiger charge is 2.22. The zero-order valence-electron chi connectivity index (χ0n) is 21.5. The van der Waals surface area contributed by atoms with Crippen LogP contribution in [0.25, 0.3) is 0 Å². The van der Waals surface area contributed by atoms with E-state index in [1.54, 1.807) is 0 Å². The number of hydrogen-bond acceptors (Lipinski definition) is 1. The van der Waals surface area contributed by atoms with E-state index in [2.05, 4.69) is 38.1 Å². The maximum atomic E-state index is 6.10. The average Bonchev–Trinajstić information content (AvgIpc) is 2.85.